The molecule has 0 spiro atoms. The maximum atomic E-state index is 5.71. The molecule has 0 amide bonds. The Kier molecular flexibility index (Phi) is 11.1. The minimum absolute atomic E-state index is 0.464. The third kappa shape index (κ3) is 5.64. The second-order valence-corrected chi connectivity index (χ2v) is 3.74. The van der Waals surface area contributed by atoms with Crippen molar-refractivity contribution in [2.75, 3.05) is 0 Å². The lowest BCUT2D eigenvalue weighted by Crippen LogP contribution is -2.35. The van der Waals surface area contributed by atoms with E-state index in [0.717, 1.165) is 11.8 Å². The largest absolute Gasteiger partial charge is 0.375 e. The van der Waals surface area contributed by atoms with Crippen molar-refractivity contribution < 1.29 is 4.74 Å². The van der Waals surface area contributed by atoms with E-state index in [4.69, 9.17) is 4.74 Å². The zero-order valence-corrected chi connectivity index (χ0v) is 11.4. The van der Waals surface area contributed by atoms with Gasteiger partial charge in [0.15, 0.2) is 0 Å². The Morgan fingerprint density at radius 3 is 1.21 bits per heavy atom. The SMILES string of the molecule is CC.CC.CC1CC(C)C(C)OC1C. The van der Waals surface area contributed by atoms with Gasteiger partial charge in [-0.1, -0.05) is 41.5 Å². The highest BCUT2D eigenvalue weighted by Gasteiger charge is 2.27. The molecule has 1 saturated heterocycles. The van der Waals surface area contributed by atoms with Gasteiger partial charge in [0.05, 0.1) is 12.2 Å². The summed E-state index contributed by atoms with van der Waals surface area (Å²) in [6, 6.07) is 0. The maximum Gasteiger partial charge on any atom is 0.0576 e. The Morgan fingerprint density at radius 1 is 0.714 bits per heavy atom. The van der Waals surface area contributed by atoms with Crippen molar-refractivity contribution in [2.24, 2.45) is 11.8 Å². The van der Waals surface area contributed by atoms with E-state index >= 15 is 0 Å². The fraction of sp³-hybridized carbons (Fsp3) is 1.00. The molecule has 0 bridgehead atoms. The Bertz CT molecular complexity index is 85.8. The summed E-state index contributed by atoms with van der Waals surface area (Å²) >= 11 is 0. The molecule has 0 radical (unpaired) electrons. The van der Waals surface area contributed by atoms with E-state index in [1.165, 1.54) is 6.42 Å². The Balaban J connectivity index is 0. The molecule has 1 heteroatoms. The Hall–Kier alpha value is -0.0400. The fourth-order valence-electron chi connectivity index (χ4n) is 1.58. The highest BCUT2D eigenvalue weighted by Crippen LogP contribution is 2.28. The van der Waals surface area contributed by atoms with E-state index in [2.05, 4.69) is 27.7 Å². The smallest absolute Gasteiger partial charge is 0.0576 e. The average Bonchev–Trinajstić information content (AvgIpc) is 2.21. The van der Waals surface area contributed by atoms with Gasteiger partial charge in [-0.25, -0.2) is 0 Å². The molecule has 1 rings (SSSR count). The number of hydrogen-bond donors (Lipinski definition) is 0. The molecule has 0 aromatic carbocycles. The predicted molar refractivity (Wildman–Crippen MR) is 65.7 cm³/mol. The van der Waals surface area contributed by atoms with E-state index in [0.29, 0.717) is 12.2 Å². The predicted octanol–water partition coefficient (Wildman–Crippen LogP) is 4.51. The summed E-state index contributed by atoms with van der Waals surface area (Å²) < 4.78 is 5.71. The molecule has 88 valence electrons. The van der Waals surface area contributed by atoms with Gasteiger partial charge in [-0.2, -0.15) is 0 Å². The molecule has 1 fully saturated rings. The van der Waals surface area contributed by atoms with Crippen LogP contribution in [0, 0.1) is 11.8 Å². The molecule has 1 aliphatic heterocycles. The topological polar surface area (TPSA) is 9.23 Å². The zero-order valence-electron chi connectivity index (χ0n) is 11.4. The van der Waals surface area contributed by atoms with Gasteiger partial charge in [0, 0.05) is 0 Å². The molecular formula is C13H30O. The molecule has 0 saturated carbocycles. The van der Waals surface area contributed by atoms with E-state index < -0.39 is 0 Å². The maximum absolute atomic E-state index is 5.71. The molecule has 0 aliphatic carbocycles. The van der Waals surface area contributed by atoms with Crippen molar-refractivity contribution in [1.82, 2.24) is 0 Å². The molecule has 1 heterocycles. The second-order valence-electron chi connectivity index (χ2n) is 3.74. The highest BCUT2D eigenvalue weighted by atomic mass is 16.5. The first-order valence-electron chi connectivity index (χ1n) is 6.26. The van der Waals surface area contributed by atoms with Crippen LogP contribution in [0.4, 0.5) is 0 Å². The van der Waals surface area contributed by atoms with Gasteiger partial charge in [-0.15, -0.1) is 0 Å². The number of ether oxygens (including phenoxy) is 1. The second kappa shape index (κ2) is 9.51. The monoisotopic (exact) mass is 202 g/mol. The van der Waals surface area contributed by atoms with Crippen LogP contribution in [0.15, 0.2) is 0 Å². The average molecular weight is 202 g/mol. The molecule has 14 heavy (non-hydrogen) atoms. The summed E-state index contributed by atoms with van der Waals surface area (Å²) in [5.41, 5.74) is 0. The first kappa shape index (κ1) is 16.4. The third-order valence-electron chi connectivity index (χ3n) is 2.78. The van der Waals surface area contributed by atoms with Gasteiger partial charge in [-0.05, 0) is 32.1 Å². The van der Waals surface area contributed by atoms with Crippen LogP contribution in [0.25, 0.3) is 0 Å². The van der Waals surface area contributed by atoms with Crippen molar-refractivity contribution in [1.29, 1.82) is 0 Å². The van der Waals surface area contributed by atoms with Gasteiger partial charge in [0.2, 0.25) is 0 Å². The first-order valence-corrected chi connectivity index (χ1v) is 6.26. The highest BCUT2D eigenvalue weighted by molar-refractivity contribution is 4.75. The van der Waals surface area contributed by atoms with Crippen molar-refractivity contribution in [3.05, 3.63) is 0 Å². The van der Waals surface area contributed by atoms with Crippen LogP contribution in [0.3, 0.4) is 0 Å². The minimum atomic E-state index is 0.464. The van der Waals surface area contributed by atoms with Crippen LogP contribution in [0.5, 0.6) is 0 Å². The molecule has 4 atom stereocenters. The van der Waals surface area contributed by atoms with Crippen molar-refractivity contribution >= 4 is 0 Å². The van der Waals surface area contributed by atoms with E-state index in [1.807, 2.05) is 27.7 Å². The van der Waals surface area contributed by atoms with Crippen LogP contribution in [-0.2, 0) is 4.74 Å². The lowest BCUT2D eigenvalue weighted by Gasteiger charge is -2.35. The Labute approximate surface area is 91.2 Å². The van der Waals surface area contributed by atoms with Gasteiger partial charge >= 0.3 is 0 Å². The Morgan fingerprint density at radius 2 is 1.00 bits per heavy atom. The summed E-state index contributed by atoms with van der Waals surface area (Å²) in [6.45, 7) is 16.9. The molecular weight excluding hydrogens is 172 g/mol. The van der Waals surface area contributed by atoms with Crippen LogP contribution in [0.1, 0.15) is 61.8 Å². The standard InChI is InChI=1S/C9H18O.2C2H6/c1-6-5-7(2)9(4)10-8(6)3;2*1-2/h6-9H,5H2,1-4H3;2*1-2H3. The lowest BCUT2D eigenvalue weighted by molar-refractivity contribution is -0.0885. The number of rotatable bonds is 0. The van der Waals surface area contributed by atoms with Crippen LogP contribution < -0.4 is 0 Å². The van der Waals surface area contributed by atoms with Crippen molar-refractivity contribution in [2.45, 2.75) is 74.0 Å². The normalized spacial score (nSPS) is 36.0. The lowest BCUT2D eigenvalue weighted by atomic mass is 9.87. The molecule has 4 unspecified atom stereocenters. The zero-order chi connectivity index (χ0) is 11.7. The van der Waals surface area contributed by atoms with E-state index in [-0.39, 0.29) is 0 Å². The van der Waals surface area contributed by atoms with Gasteiger partial charge in [0.1, 0.15) is 0 Å². The first-order chi connectivity index (χ1) is 6.61. The van der Waals surface area contributed by atoms with Crippen molar-refractivity contribution in [3.63, 3.8) is 0 Å². The minimum Gasteiger partial charge on any atom is -0.375 e. The summed E-state index contributed by atoms with van der Waals surface area (Å²) in [5, 5.41) is 0. The fourth-order valence-corrected chi connectivity index (χ4v) is 1.58. The van der Waals surface area contributed by atoms with Crippen LogP contribution >= 0.6 is 0 Å². The summed E-state index contributed by atoms with van der Waals surface area (Å²) in [5.74, 6) is 1.48. The summed E-state index contributed by atoms with van der Waals surface area (Å²) in [6.07, 6.45) is 2.25. The molecule has 0 N–H and O–H groups in total. The van der Waals surface area contributed by atoms with Gasteiger partial charge in [0.25, 0.3) is 0 Å². The van der Waals surface area contributed by atoms with Gasteiger partial charge < -0.3 is 4.74 Å². The molecule has 0 aromatic heterocycles. The van der Waals surface area contributed by atoms with E-state index in [1.54, 1.807) is 0 Å². The molecule has 1 aliphatic rings. The van der Waals surface area contributed by atoms with Gasteiger partial charge in [-0.3, -0.25) is 0 Å². The quantitative estimate of drug-likeness (QED) is 0.561. The number of hydrogen-bond acceptors (Lipinski definition) is 1. The molecule has 0 aromatic rings. The molecule has 1 nitrogen and oxygen atoms in total. The third-order valence-corrected chi connectivity index (χ3v) is 2.78. The van der Waals surface area contributed by atoms with Crippen LogP contribution in [-0.4, -0.2) is 12.2 Å². The summed E-state index contributed by atoms with van der Waals surface area (Å²) in [4.78, 5) is 0. The van der Waals surface area contributed by atoms with E-state index in [9.17, 15) is 0 Å². The van der Waals surface area contributed by atoms with Crippen molar-refractivity contribution in [3.8, 4) is 0 Å². The summed E-state index contributed by atoms with van der Waals surface area (Å²) in [7, 11) is 0. The van der Waals surface area contributed by atoms with Crippen LogP contribution in [0.2, 0.25) is 0 Å².